The molecule has 2 rings (SSSR count). The Morgan fingerprint density at radius 1 is 0.941 bits per heavy atom. The van der Waals surface area contributed by atoms with E-state index in [1.807, 2.05) is 4.90 Å². The third-order valence-corrected chi connectivity index (χ3v) is 3.06. The molecule has 1 saturated heterocycles. The van der Waals surface area contributed by atoms with Crippen molar-refractivity contribution in [2.24, 2.45) is 5.73 Å². The molecule has 4 heteroatoms. The molecule has 1 aliphatic rings. The molecule has 2 N–H and O–H groups in total. The lowest BCUT2D eigenvalue weighted by atomic mass is 10.1. The zero-order chi connectivity index (χ0) is 12.3. The van der Waals surface area contributed by atoms with Crippen molar-refractivity contribution in [3.63, 3.8) is 0 Å². The Balaban J connectivity index is 2.10. The van der Waals surface area contributed by atoms with Crippen molar-refractivity contribution in [1.29, 1.82) is 0 Å². The second-order valence-corrected chi connectivity index (χ2v) is 4.29. The van der Waals surface area contributed by atoms with Crippen LogP contribution in [0.25, 0.3) is 0 Å². The summed E-state index contributed by atoms with van der Waals surface area (Å²) in [6.45, 7) is 1.66. The summed E-state index contributed by atoms with van der Waals surface area (Å²) in [6.07, 6.45) is 3.35. The molecule has 0 atom stereocenters. The molecule has 1 aliphatic heterocycles. The standard InChI is InChI=1S/C13H16N2O2/c14-12(16)10-4-6-11(7-5-10)13(17)15-8-2-1-3-9-15/h4-7H,1-3,8-9H2,(H2,14,16). The molecular formula is C13H16N2O2. The molecule has 1 fully saturated rings. The van der Waals surface area contributed by atoms with Crippen molar-refractivity contribution < 1.29 is 9.59 Å². The third kappa shape index (κ3) is 2.64. The van der Waals surface area contributed by atoms with Gasteiger partial charge in [0.1, 0.15) is 0 Å². The Morgan fingerprint density at radius 2 is 1.47 bits per heavy atom. The van der Waals surface area contributed by atoms with Crippen LogP contribution in [-0.2, 0) is 0 Å². The van der Waals surface area contributed by atoms with Crippen LogP contribution in [0, 0.1) is 0 Å². The van der Waals surface area contributed by atoms with Gasteiger partial charge in [-0.2, -0.15) is 0 Å². The summed E-state index contributed by atoms with van der Waals surface area (Å²) in [6, 6.07) is 6.52. The summed E-state index contributed by atoms with van der Waals surface area (Å²) in [5.41, 5.74) is 6.20. The maximum atomic E-state index is 12.1. The monoisotopic (exact) mass is 232 g/mol. The molecule has 90 valence electrons. The number of nitrogens with two attached hydrogens (primary N) is 1. The zero-order valence-electron chi connectivity index (χ0n) is 9.69. The zero-order valence-corrected chi connectivity index (χ0v) is 9.69. The van der Waals surface area contributed by atoms with E-state index in [4.69, 9.17) is 5.73 Å². The lowest BCUT2D eigenvalue weighted by molar-refractivity contribution is 0.0724. The van der Waals surface area contributed by atoms with E-state index in [0.717, 1.165) is 25.9 Å². The van der Waals surface area contributed by atoms with E-state index < -0.39 is 5.91 Å². The van der Waals surface area contributed by atoms with Crippen molar-refractivity contribution in [1.82, 2.24) is 4.90 Å². The molecule has 0 spiro atoms. The molecule has 0 aliphatic carbocycles. The Morgan fingerprint density at radius 3 is 2.00 bits per heavy atom. The number of carbonyl (C=O) groups excluding carboxylic acids is 2. The minimum atomic E-state index is -0.470. The van der Waals surface area contributed by atoms with Gasteiger partial charge in [-0.15, -0.1) is 0 Å². The van der Waals surface area contributed by atoms with Crippen molar-refractivity contribution in [2.75, 3.05) is 13.1 Å². The van der Waals surface area contributed by atoms with Crippen LogP contribution in [-0.4, -0.2) is 29.8 Å². The van der Waals surface area contributed by atoms with E-state index in [-0.39, 0.29) is 5.91 Å². The number of rotatable bonds is 2. The van der Waals surface area contributed by atoms with Gasteiger partial charge in [0.2, 0.25) is 5.91 Å². The highest BCUT2D eigenvalue weighted by Gasteiger charge is 2.17. The Kier molecular flexibility index (Phi) is 3.42. The molecule has 1 heterocycles. The molecule has 1 aromatic carbocycles. The van der Waals surface area contributed by atoms with Crippen LogP contribution in [0.15, 0.2) is 24.3 Å². The predicted octanol–water partition coefficient (Wildman–Crippen LogP) is 1.41. The number of benzene rings is 1. The number of amides is 2. The largest absolute Gasteiger partial charge is 0.366 e. The topological polar surface area (TPSA) is 63.4 Å². The van der Waals surface area contributed by atoms with E-state index in [9.17, 15) is 9.59 Å². The molecule has 0 radical (unpaired) electrons. The first-order valence-corrected chi connectivity index (χ1v) is 5.87. The van der Waals surface area contributed by atoms with Gasteiger partial charge in [-0.05, 0) is 43.5 Å². The smallest absolute Gasteiger partial charge is 0.253 e. The van der Waals surface area contributed by atoms with Crippen LogP contribution < -0.4 is 5.73 Å². The first-order chi connectivity index (χ1) is 8.18. The normalized spacial score (nSPS) is 15.6. The summed E-state index contributed by atoms with van der Waals surface area (Å²) in [5, 5.41) is 0. The van der Waals surface area contributed by atoms with Crippen LogP contribution >= 0.6 is 0 Å². The van der Waals surface area contributed by atoms with E-state index in [1.165, 1.54) is 6.42 Å². The molecule has 1 aromatic rings. The van der Waals surface area contributed by atoms with Gasteiger partial charge in [-0.25, -0.2) is 0 Å². The maximum Gasteiger partial charge on any atom is 0.253 e. The second-order valence-electron chi connectivity index (χ2n) is 4.29. The van der Waals surface area contributed by atoms with Gasteiger partial charge in [0, 0.05) is 24.2 Å². The summed E-state index contributed by atoms with van der Waals surface area (Å²) in [4.78, 5) is 24.9. The molecule has 2 amide bonds. The second kappa shape index (κ2) is 4.99. The van der Waals surface area contributed by atoms with Crippen LogP contribution in [0.1, 0.15) is 40.0 Å². The van der Waals surface area contributed by atoms with Gasteiger partial charge in [-0.3, -0.25) is 9.59 Å². The number of primary amides is 1. The van der Waals surface area contributed by atoms with Crippen LogP contribution in [0.3, 0.4) is 0 Å². The van der Waals surface area contributed by atoms with E-state index in [1.54, 1.807) is 24.3 Å². The average molecular weight is 232 g/mol. The van der Waals surface area contributed by atoms with Crippen LogP contribution in [0.2, 0.25) is 0 Å². The highest BCUT2D eigenvalue weighted by atomic mass is 16.2. The average Bonchev–Trinajstić information content (AvgIpc) is 2.39. The molecule has 4 nitrogen and oxygen atoms in total. The third-order valence-electron chi connectivity index (χ3n) is 3.06. The quantitative estimate of drug-likeness (QED) is 0.838. The highest BCUT2D eigenvalue weighted by Crippen LogP contribution is 2.13. The number of nitrogens with zero attached hydrogens (tertiary/aromatic N) is 1. The number of piperidine rings is 1. The highest BCUT2D eigenvalue weighted by molar-refractivity contribution is 5.97. The van der Waals surface area contributed by atoms with Gasteiger partial charge < -0.3 is 10.6 Å². The van der Waals surface area contributed by atoms with Crippen LogP contribution in [0.5, 0.6) is 0 Å². The molecule has 0 unspecified atom stereocenters. The SMILES string of the molecule is NC(=O)c1ccc(C(=O)N2CCCCC2)cc1. The summed E-state index contributed by atoms with van der Waals surface area (Å²) >= 11 is 0. The number of likely N-dealkylation sites (tertiary alicyclic amines) is 1. The van der Waals surface area contributed by atoms with Gasteiger partial charge in [0.25, 0.3) is 5.91 Å². The number of carbonyl (C=O) groups is 2. The minimum Gasteiger partial charge on any atom is -0.366 e. The number of hydrogen-bond donors (Lipinski definition) is 1. The lowest BCUT2D eigenvalue weighted by Gasteiger charge is -2.26. The Labute approximate surface area is 100 Å². The van der Waals surface area contributed by atoms with Crippen LogP contribution in [0.4, 0.5) is 0 Å². The first kappa shape index (κ1) is 11.6. The van der Waals surface area contributed by atoms with Crippen molar-refractivity contribution in [3.8, 4) is 0 Å². The molecule has 0 saturated carbocycles. The molecule has 0 bridgehead atoms. The molecule has 17 heavy (non-hydrogen) atoms. The van der Waals surface area contributed by atoms with Gasteiger partial charge in [0.15, 0.2) is 0 Å². The number of hydrogen-bond acceptors (Lipinski definition) is 2. The molecular weight excluding hydrogens is 216 g/mol. The fourth-order valence-corrected chi connectivity index (χ4v) is 2.06. The lowest BCUT2D eigenvalue weighted by Crippen LogP contribution is -2.35. The van der Waals surface area contributed by atoms with Gasteiger partial charge in [-0.1, -0.05) is 0 Å². The maximum absolute atomic E-state index is 12.1. The Hall–Kier alpha value is -1.84. The van der Waals surface area contributed by atoms with E-state index >= 15 is 0 Å². The predicted molar refractivity (Wildman–Crippen MR) is 64.7 cm³/mol. The van der Waals surface area contributed by atoms with Crippen molar-refractivity contribution in [3.05, 3.63) is 35.4 Å². The minimum absolute atomic E-state index is 0.0423. The van der Waals surface area contributed by atoms with E-state index in [0.29, 0.717) is 11.1 Å². The van der Waals surface area contributed by atoms with Gasteiger partial charge in [0.05, 0.1) is 0 Å². The fraction of sp³-hybridized carbons (Fsp3) is 0.385. The van der Waals surface area contributed by atoms with Gasteiger partial charge >= 0.3 is 0 Å². The summed E-state index contributed by atoms with van der Waals surface area (Å²) in [5.74, 6) is -0.428. The summed E-state index contributed by atoms with van der Waals surface area (Å²) < 4.78 is 0. The summed E-state index contributed by atoms with van der Waals surface area (Å²) in [7, 11) is 0. The van der Waals surface area contributed by atoms with E-state index in [2.05, 4.69) is 0 Å². The van der Waals surface area contributed by atoms with Crippen molar-refractivity contribution in [2.45, 2.75) is 19.3 Å². The van der Waals surface area contributed by atoms with Crippen molar-refractivity contribution >= 4 is 11.8 Å². The first-order valence-electron chi connectivity index (χ1n) is 5.87. The fourth-order valence-electron chi connectivity index (χ4n) is 2.06. The molecule has 0 aromatic heterocycles. The Bertz CT molecular complexity index is 420.